The van der Waals surface area contributed by atoms with Crippen molar-refractivity contribution in [1.29, 1.82) is 0 Å². The number of carbonyl (C=O) groups excluding carboxylic acids is 1. The quantitative estimate of drug-likeness (QED) is 0.838. The Labute approximate surface area is 137 Å². The van der Waals surface area contributed by atoms with Gasteiger partial charge in [-0.3, -0.25) is 4.79 Å². The number of carboxylic acids is 1. The van der Waals surface area contributed by atoms with Crippen LogP contribution in [0.4, 0.5) is 0 Å². The average Bonchev–Trinajstić information content (AvgIpc) is 3.02. The molecule has 0 fully saturated rings. The molecule has 0 aliphatic carbocycles. The molecular formula is C15H15ClN2O5. The molecule has 2 rings (SSSR count). The van der Waals surface area contributed by atoms with Gasteiger partial charge in [0, 0.05) is 5.02 Å². The summed E-state index contributed by atoms with van der Waals surface area (Å²) in [4.78, 5) is 24.2. The number of carbonyl (C=O) groups is 2. The Morgan fingerprint density at radius 2 is 2.04 bits per heavy atom. The van der Waals surface area contributed by atoms with E-state index in [2.05, 4.69) is 10.5 Å². The van der Waals surface area contributed by atoms with Crippen molar-refractivity contribution in [3.8, 4) is 5.88 Å². The molecule has 23 heavy (non-hydrogen) atoms. The molecule has 0 aliphatic heterocycles. The Bertz CT molecular complexity index is 713. The molecule has 0 bridgehead atoms. The van der Waals surface area contributed by atoms with Gasteiger partial charge in [0.1, 0.15) is 0 Å². The van der Waals surface area contributed by atoms with Crippen molar-refractivity contribution in [3.63, 3.8) is 0 Å². The van der Waals surface area contributed by atoms with Crippen LogP contribution in [0.3, 0.4) is 0 Å². The van der Waals surface area contributed by atoms with Gasteiger partial charge in [-0.15, -0.1) is 0 Å². The summed E-state index contributed by atoms with van der Waals surface area (Å²) in [5.41, 5.74) is -1.21. The summed E-state index contributed by atoms with van der Waals surface area (Å²) in [6, 6.07) is 7.52. The Kier molecular flexibility index (Phi) is 4.90. The lowest BCUT2D eigenvalue weighted by atomic mass is 9.87. The Morgan fingerprint density at radius 1 is 1.39 bits per heavy atom. The van der Waals surface area contributed by atoms with E-state index in [0.29, 0.717) is 10.6 Å². The molecule has 2 aromatic rings. The molecule has 7 nitrogen and oxygen atoms in total. The molecule has 1 amide bonds. The molecule has 1 aromatic heterocycles. The van der Waals surface area contributed by atoms with Crippen LogP contribution in [0.2, 0.25) is 5.02 Å². The third kappa shape index (κ3) is 3.29. The lowest BCUT2D eigenvalue weighted by Crippen LogP contribution is -2.51. The number of hydrogen-bond acceptors (Lipinski definition) is 5. The first-order chi connectivity index (χ1) is 10.9. The van der Waals surface area contributed by atoms with Crippen LogP contribution < -0.4 is 10.1 Å². The second kappa shape index (κ2) is 6.70. The van der Waals surface area contributed by atoms with Crippen molar-refractivity contribution in [2.75, 3.05) is 7.11 Å². The highest BCUT2D eigenvalue weighted by atomic mass is 35.5. The van der Waals surface area contributed by atoms with E-state index in [1.165, 1.54) is 13.2 Å². The van der Waals surface area contributed by atoms with Crippen molar-refractivity contribution in [2.24, 2.45) is 0 Å². The SMILES string of the molecule is CCC(NC(=O)c1cc(OC)no1)(C(=O)O)c1ccc(Cl)cc1. The molecule has 0 aliphatic rings. The van der Waals surface area contributed by atoms with Crippen LogP contribution in [0.15, 0.2) is 34.9 Å². The zero-order chi connectivity index (χ0) is 17.0. The van der Waals surface area contributed by atoms with E-state index in [4.69, 9.17) is 20.9 Å². The van der Waals surface area contributed by atoms with E-state index >= 15 is 0 Å². The number of nitrogens with one attached hydrogen (secondary N) is 1. The minimum absolute atomic E-state index is 0.124. The summed E-state index contributed by atoms with van der Waals surface area (Å²) < 4.78 is 9.67. The van der Waals surface area contributed by atoms with Crippen molar-refractivity contribution in [1.82, 2.24) is 10.5 Å². The van der Waals surface area contributed by atoms with Crippen molar-refractivity contribution in [3.05, 3.63) is 46.7 Å². The Balaban J connectivity index is 2.37. The lowest BCUT2D eigenvalue weighted by Gasteiger charge is -2.29. The van der Waals surface area contributed by atoms with Gasteiger partial charge in [-0.1, -0.05) is 30.7 Å². The average molecular weight is 339 g/mol. The minimum Gasteiger partial charge on any atom is -0.479 e. The summed E-state index contributed by atoms with van der Waals surface area (Å²) in [6.07, 6.45) is 0.126. The molecule has 1 heterocycles. The summed E-state index contributed by atoms with van der Waals surface area (Å²) in [5.74, 6) is -1.92. The number of benzene rings is 1. The van der Waals surface area contributed by atoms with Crippen molar-refractivity contribution < 1.29 is 24.0 Å². The van der Waals surface area contributed by atoms with E-state index in [1.54, 1.807) is 31.2 Å². The van der Waals surface area contributed by atoms with E-state index in [-0.39, 0.29) is 18.1 Å². The molecular weight excluding hydrogens is 324 g/mol. The van der Waals surface area contributed by atoms with Crippen LogP contribution in [0.25, 0.3) is 0 Å². The number of methoxy groups -OCH3 is 1. The number of rotatable bonds is 6. The smallest absolute Gasteiger partial charge is 0.334 e. The highest BCUT2D eigenvalue weighted by molar-refractivity contribution is 6.30. The minimum atomic E-state index is -1.61. The number of aliphatic carboxylic acids is 1. The molecule has 2 N–H and O–H groups in total. The molecule has 1 atom stereocenters. The van der Waals surface area contributed by atoms with Crippen molar-refractivity contribution in [2.45, 2.75) is 18.9 Å². The first kappa shape index (κ1) is 16.8. The normalized spacial score (nSPS) is 13.2. The molecule has 0 saturated carbocycles. The largest absolute Gasteiger partial charge is 0.479 e. The Hall–Kier alpha value is -2.54. The summed E-state index contributed by atoms with van der Waals surface area (Å²) in [5, 5.41) is 16.2. The van der Waals surface area contributed by atoms with Gasteiger partial charge >= 0.3 is 5.97 Å². The molecule has 1 unspecified atom stereocenters. The molecule has 8 heteroatoms. The van der Waals surface area contributed by atoms with Gasteiger partial charge in [-0.25, -0.2) is 4.79 Å². The summed E-state index contributed by atoms with van der Waals surface area (Å²) >= 11 is 5.83. The van der Waals surface area contributed by atoms with Gasteiger partial charge in [0.15, 0.2) is 5.54 Å². The lowest BCUT2D eigenvalue weighted by molar-refractivity contribution is -0.145. The number of carboxylic acid groups (broad SMARTS) is 1. The van der Waals surface area contributed by atoms with Gasteiger partial charge in [0.05, 0.1) is 13.2 Å². The van der Waals surface area contributed by atoms with Crippen LogP contribution in [0.1, 0.15) is 29.5 Å². The fraction of sp³-hybridized carbons (Fsp3) is 0.267. The third-order valence-electron chi connectivity index (χ3n) is 3.48. The molecule has 0 radical (unpaired) electrons. The monoisotopic (exact) mass is 338 g/mol. The molecule has 0 saturated heterocycles. The van der Waals surface area contributed by atoms with Gasteiger partial charge in [-0.2, -0.15) is 0 Å². The van der Waals surface area contributed by atoms with Crippen LogP contribution in [0, 0.1) is 0 Å². The maximum atomic E-state index is 12.3. The van der Waals surface area contributed by atoms with Gasteiger partial charge in [0.25, 0.3) is 11.8 Å². The van der Waals surface area contributed by atoms with Crippen LogP contribution in [-0.4, -0.2) is 29.2 Å². The number of amides is 1. The second-order valence-corrected chi connectivity index (χ2v) is 5.20. The van der Waals surface area contributed by atoms with E-state index < -0.39 is 17.4 Å². The predicted octanol–water partition coefficient (Wildman–Crippen LogP) is 2.46. The maximum Gasteiger partial charge on any atom is 0.334 e. The van der Waals surface area contributed by atoms with E-state index in [0.717, 1.165) is 0 Å². The van der Waals surface area contributed by atoms with E-state index in [9.17, 15) is 14.7 Å². The topological polar surface area (TPSA) is 102 Å². The number of ether oxygens (including phenoxy) is 1. The van der Waals surface area contributed by atoms with Crippen LogP contribution >= 0.6 is 11.6 Å². The van der Waals surface area contributed by atoms with Gasteiger partial charge < -0.3 is 19.7 Å². The first-order valence-electron chi connectivity index (χ1n) is 6.75. The van der Waals surface area contributed by atoms with Crippen LogP contribution in [0.5, 0.6) is 5.88 Å². The third-order valence-corrected chi connectivity index (χ3v) is 3.73. The molecule has 0 spiro atoms. The highest BCUT2D eigenvalue weighted by Crippen LogP contribution is 2.27. The zero-order valence-corrected chi connectivity index (χ0v) is 13.3. The Morgan fingerprint density at radius 3 is 2.52 bits per heavy atom. The number of hydrogen-bond donors (Lipinski definition) is 2. The predicted molar refractivity (Wildman–Crippen MR) is 81.6 cm³/mol. The second-order valence-electron chi connectivity index (χ2n) is 4.76. The fourth-order valence-electron chi connectivity index (χ4n) is 2.14. The van der Waals surface area contributed by atoms with E-state index in [1.807, 2.05) is 0 Å². The zero-order valence-electron chi connectivity index (χ0n) is 12.5. The standard InChI is InChI=1S/C15H15ClN2O5/c1-3-15(14(20)21,9-4-6-10(16)7-5-9)17-13(19)11-8-12(22-2)18-23-11/h4-8H,3H2,1-2H3,(H,17,19)(H,20,21). The number of halogens is 1. The van der Waals surface area contributed by atoms with Crippen molar-refractivity contribution >= 4 is 23.5 Å². The van der Waals surface area contributed by atoms with Gasteiger partial charge in [0.2, 0.25) is 5.76 Å². The van der Waals surface area contributed by atoms with Crippen LogP contribution in [-0.2, 0) is 10.3 Å². The number of nitrogens with zero attached hydrogens (tertiary/aromatic N) is 1. The summed E-state index contributed by atoms with van der Waals surface area (Å²) in [7, 11) is 1.38. The molecule has 1 aromatic carbocycles. The van der Waals surface area contributed by atoms with Gasteiger partial charge in [-0.05, 0) is 29.3 Å². The maximum absolute atomic E-state index is 12.3. The summed E-state index contributed by atoms with van der Waals surface area (Å²) in [6.45, 7) is 1.66. The molecule has 122 valence electrons. The number of aromatic nitrogens is 1. The first-order valence-corrected chi connectivity index (χ1v) is 7.13. The fourth-order valence-corrected chi connectivity index (χ4v) is 2.27. The highest BCUT2D eigenvalue weighted by Gasteiger charge is 2.41.